The fraction of sp³-hybridized carbons (Fsp3) is 0.667. The van der Waals surface area contributed by atoms with Gasteiger partial charge >= 0.3 is 0 Å². The van der Waals surface area contributed by atoms with Crippen molar-refractivity contribution in [1.29, 1.82) is 0 Å². The molecule has 1 fully saturated rings. The molecule has 3 atom stereocenters. The Morgan fingerprint density at radius 1 is 1.39 bits per heavy atom. The van der Waals surface area contributed by atoms with Crippen LogP contribution in [-0.4, -0.2) is 37.1 Å². The first-order valence-electron chi connectivity index (χ1n) is 8.51. The SMILES string of the molecule is CC(N[C@H](C)CCO)c1ccc(OCC2CCCCO2)c(F)c1. The van der Waals surface area contributed by atoms with Crippen molar-refractivity contribution in [3.8, 4) is 5.75 Å². The van der Waals surface area contributed by atoms with Crippen molar-refractivity contribution in [2.75, 3.05) is 19.8 Å². The van der Waals surface area contributed by atoms with Crippen LogP contribution in [0.1, 0.15) is 51.1 Å². The van der Waals surface area contributed by atoms with Crippen LogP contribution in [-0.2, 0) is 4.74 Å². The molecule has 1 aromatic carbocycles. The summed E-state index contributed by atoms with van der Waals surface area (Å²) in [5, 5.41) is 12.3. The van der Waals surface area contributed by atoms with Gasteiger partial charge in [-0.25, -0.2) is 4.39 Å². The Hall–Kier alpha value is -1.17. The number of nitrogens with one attached hydrogen (secondary N) is 1. The van der Waals surface area contributed by atoms with Crippen LogP contribution in [0, 0.1) is 5.82 Å². The van der Waals surface area contributed by atoms with E-state index in [9.17, 15) is 4.39 Å². The molecule has 2 N–H and O–H groups in total. The first-order valence-corrected chi connectivity index (χ1v) is 8.51. The summed E-state index contributed by atoms with van der Waals surface area (Å²) >= 11 is 0. The summed E-state index contributed by atoms with van der Waals surface area (Å²) in [5.41, 5.74) is 0.869. The van der Waals surface area contributed by atoms with Crippen molar-refractivity contribution >= 4 is 0 Å². The van der Waals surface area contributed by atoms with E-state index in [-0.39, 0.29) is 36.4 Å². The van der Waals surface area contributed by atoms with Crippen molar-refractivity contribution in [2.45, 2.75) is 57.7 Å². The number of rotatable bonds is 8. The van der Waals surface area contributed by atoms with E-state index in [4.69, 9.17) is 14.6 Å². The molecule has 0 spiro atoms. The summed E-state index contributed by atoms with van der Waals surface area (Å²) in [6, 6.07) is 5.27. The third-order valence-electron chi connectivity index (χ3n) is 4.25. The Bertz CT molecular complexity index is 477. The standard InChI is InChI=1S/C18H28FNO3/c1-13(8-9-21)20-14(2)15-6-7-18(17(19)11-15)23-12-16-5-3-4-10-22-16/h6-7,11,13-14,16,20-21H,3-5,8-10,12H2,1-2H3/t13-,14?,16?/m1/s1. The van der Waals surface area contributed by atoms with Crippen molar-refractivity contribution in [1.82, 2.24) is 5.32 Å². The van der Waals surface area contributed by atoms with Gasteiger partial charge in [0.25, 0.3) is 0 Å². The average molecular weight is 325 g/mol. The first kappa shape index (κ1) is 18.2. The molecule has 0 saturated carbocycles. The number of hydrogen-bond donors (Lipinski definition) is 2. The molecular weight excluding hydrogens is 297 g/mol. The normalized spacial score (nSPS) is 21.0. The molecule has 1 aliphatic heterocycles. The molecule has 1 aliphatic rings. The van der Waals surface area contributed by atoms with Gasteiger partial charge < -0.3 is 19.9 Å². The quantitative estimate of drug-likeness (QED) is 0.771. The molecule has 0 aliphatic carbocycles. The molecule has 0 aromatic heterocycles. The van der Waals surface area contributed by atoms with Crippen LogP contribution in [0.5, 0.6) is 5.75 Å². The Kier molecular flexibility index (Phi) is 7.27. The number of hydrogen-bond acceptors (Lipinski definition) is 4. The molecule has 1 aromatic rings. The van der Waals surface area contributed by atoms with Gasteiger partial charge in [-0.2, -0.15) is 0 Å². The highest BCUT2D eigenvalue weighted by atomic mass is 19.1. The van der Waals surface area contributed by atoms with Gasteiger partial charge in [-0.05, 0) is 57.2 Å². The maximum absolute atomic E-state index is 14.2. The van der Waals surface area contributed by atoms with E-state index in [1.807, 2.05) is 19.9 Å². The average Bonchev–Trinajstić information content (AvgIpc) is 2.54. The second kappa shape index (κ2) is 9.21. The van der Waals surface area contributed by atoms with Crippen molar-refractivity contribution in [3.63, 3.8) is 0 Å². The van der Waals surface area contributed by atoms with Crippen molar-refractivity contribution in [3.05, 3.63) is 29.6 Å². The Morgan fingerprint density at radius 2 is 2.22 bits per heavy atom. The lowest BCUT2D eigenvalue weighted by molar-refractivity contribution is -0.0117. The van der Waals surface area contributed by atoms with E-state index in [1.165, 1.54) is 6.07 Å². The molecule has 2 rings (SSSR count). The Labute approximate surface area is 138 Å². The van der Waals surface area contributed by atoms with Gasteiger partial charge in [0.1, 0.15) is 6.61 Å². The van der Waals surface area contributed by atoms with Crippen molar-refractivity contribution < 1.29 is 19.0 Å². The second-order valence-electron chi connectivity index (χ2n) is 6.29. The second-order valence-corrected chi connectivity index (χ2v) is 6.29. The highest BCUT2D eigenvalue weighted by Crippen LogP contribution is 2.23. The van der Waals surface area contributed by atoms with Crippen LogP contribution in [0.4, 0.5) is 4.39 Å². The van der Waals surface area contributed by atoms with Crippen LogP contribution < -0.4 is 10.1 Å². The van der Waals surface area contributed by atoms with E-state index in [0.29, 0.717) is 13.0 Å². The molecule has 4 nitrogen and oxygen atoms in total. The van der Waals surface area contributed by atoms with Crippen LogP contribution in [0.15, 0.2) is 18.2 Å². The van der Waals surface area contributed by atoms with Crippen LogP contribution >= 0.6 is 0 Å². The number of aliphatic hydroxyl groups excluding tert-OH is 1. The van der Waals surface area contributed by atoms with Gasteiger partial charge in [0, 0.05) is 25.3 Å². The zero-order valence-electron chi connectivity index (χ0n) is 14.1. The van der Waals surface area contributed by atoms with Crippen LogP contribution in [0.2, 0.25) is 0 Å². The lowest BCUT2D eigenvalue weighted by atomic mass is 10.1. The van der Waals surface area contributed by atoms with Gasteiger partial charge in [-0.1, -0.05) is 6.07 Å². The smallest absolute Gasteiger partial charge is 0.165 e. The number of ether oxygens (including phenoxy) is 2. The fourth-order valence-electron chi connectivity index (χ4n) is 2.83. The summed E-state index contributed by atoms with van der Waals surface area (Å²) in [7, 11) is 0. The molecule has 5 heteroatoms. The highest BCUT2D eigenvalue weighted by molar-refractivity contribution is 5.31. The van der Waals surface area contributed by atoms with Gasteiger partial charge in [0.2, 0.25) is 0 Å². The predicted molar refractivity (Wildman–Crippen MR) is 88.2 cm³/mol. The van der Waals surface area contributed by atoms with E-state index < -0.39 is 0 Å². The molecule has 1 heterocycles. The monoisotopic (exact) mass is 325 g/mol. The summed E-state index contributed by atoms with van der Waals surface area (Å²) in [6.07, 6.45) is 3.96. The Morgan fingerprint density at radius 3 is 2.87 bits per heavy atom. The van der Waals surface area contributed by atoms with Crippen molar-refractivity contribution in [2.24, 2.45) is 0 Å². The molecular formula is C18H28FNO3. The minimum Gasteiger partial charge on any atom is -0.488 e. The van der Waals surface area contributed by atoms with Crippen LogP contribution in [0.25, 0.3) is 0 Å². The molecule has 23 heavy (non-hydrogen) atoms. The molecule has 1 saturated heterocycles. The minimum atomic E-state index is -0.346. The summed E-state index contributed by atoms with van der Waals surface area (Å²) in [5.74, 6) is -0.0692. The van der Waals surface area contributed by atoms with Gasteiger partial charge in [0.05, 0.1) is 6.10 Å². The van der Waals surface area contributed by atoms with Gasteiger partial charge in [0.15, 0.2) is 11.6 Å². The number of benzene rings is 1. The maximum Gasteiger partial charge on any atom is 0.165 e. The summed E-state index contributed by atoms with van der Waals surface area (Å²) < 4.78 is 25.4. The minimum absolute atomic E-state index is 0.0155. The Balaban J connectivity index is 1.88. The molecule has 130 valence electrons. The number of halogens is 1. The topological polar surface area (TPSA) is 50.7 Å². The molecule has 2 unspecified atom stereocenters. The van der Waals surface area contributed by atoms with E-state index in [0.717, 1.165) is 31.4 Å². The van der Waals surface area contributed by atoms with Crippen LogP contribution in [0.3, 0.4) is 0 Å². The van der Waals surface area contributed by atoms with Gasteiger partial charge in [-0.3, -0.25) is 0 Å². The maximum atomic E-state index is 14.2. The zero-order valence-corrected chi connectivity index (χ0v) is 14.1. The lowest BCUT2D eigenvalue weighted by Crippen LogP contribution is -2.29. The van der Waals surface area contributed by atoms with E-state index in [1.54, 1.807) is 6.07 Å². The van der Waals surface area contributed by atoms with E-state index >= 15 is 0 Å². The highest BCUT2D eigenvalue weighted by Gasteiger charge is 2.16. The molecule has 0 amide bonds. The summed E-state index contributed by atoms with van der Waals surface area (Å²) in [4.78, 5) is 0. The number of aliphatic hydroxyl groups is 1. The lowest BCUT2D eigenvalue weighted by Gasteiger charge is -2.23. The van der Waals surface area contributed by atoms with E-state index in [2.05, 4.69) is 5.32 Å². The molecule has 0 bridgehead atoms. The largest absolute Gasteiger partial charge is 0.488 e. The zero-order chi connectivity index (χ0) is 16.7. The summed E-state index contributed by atoms with van der Waals surface area (Å²) in [6.45, 7) is 5.30. The fourth-order valence-corrected chi connectivity index (χ4v) is 2.83. The third-order valence-corrected chi connectivity index (χ3v) is 4.25. The predicted octanol–water partition coefficient (Wildman–Crippen LogP) is 3.20. The molecule has 0 radical (unpaired) electrons. The van der Waals surface area contributed by atoms with Gasteiger partial charge in [-0.15, -0.1) is 0 Å². The first-order chi connectivity index (χ1) is 11.1. The third kappa shape index (κ3) is 5.75.